The highest BCUT2D eigenvalue weighted by molar-refractivity contribution is 5.85. The first-order valence-electron chi connectivity index (χ1n) is 7.91. The van der Waals surface area contributed by atoms with Crippen LogP contribution in [0.4, 0.5) is 4.79 Å². The Labute approximate surface area is 138 Å². The van der Waals surface area contributed by atoms with Gasteiger partial charge in [-0.2, -0.15) is 0 Å². The Morgan fingerprint density at radius 3 is 2.17 bits per heavy atom. The van der Waals surface area contributed by atoms with Crippen LogP contribution >= 0.6 is 0 Å². The van der Waals surface area contributed by atoms with Crippen LogP contribution in [0.5, 0.6) is 0 Å². The van der Waals surface area contributed by atoms with E-state index in [2.05, 4.69) is 10.6 Å². The van der Waals surface area contributed by atoms with E-state index in [9.17, 15) is 9.59 Å². The van der Waals surface area contributed by atoms with E-state index in [1.54, 1.807) is 20.8 Å². The number of carbonyl (C=O) groups is 2. The summed E-state index contributed by atoms with van der Waals surface area (Å²) in [6, 6.07) is 7.32. The number of hydrogen-bond donors (Lipinski definition) is 2. The molecule has 0 spiro atoms. The number of amides is 2. The van der Waals surface area contributed by atoms with Crippen LogP contribution in [-0.2, 0) is 16.1 Å². The van der Waals surface area contributed by atoms with Gasteiger partial charge in [-0.15, -0.1) is 0 Å². The average Bonchev–Trinajstić information content (AvgIpc) is 2.41. The number of ether oxygens (including phenoxy) is 1. The maximum atomic E-state index is 12.3. The molecule has 23 heavy (non-hydrogen) atoms. The molecule has 5 heteroatoms. The van der Waals surface area contributed by atoms with Crippen LogP contribution in [0, 0.1) is 12.8 Å². The number of aryl methyl sites for hydroxylation is 1. The fourth-order valence-corrected chi connectivity index (χ4v) is 1.97. The van der Waals surface area contributed by atoms with Crippen molar-refractivity contribution in [2.24, 2.45) is 5.92 Å². The Morgan fingerprint density at radius 2 is 1.70 bits per heavy atom. The molecule has 0 saturated heterocycles. The maximum Gasteiger partial charge on any atom is 0.408 e. The van der Waals surface area contributed by atoms with Crippen LogP contribution in [0.15, 0.2) is 24.3 Å². The lowest BCUT2D eigenvalue weighted by Gasteiger charge is -2.25. The average molecular weight is 320 g/mol. The summed E-state index contributed by atoms with van der Waals surface area (Å²) in [5.41, 5.74) is 1.60. The third-order valence-corrected chi connectivity index (χ3v) is 3.21. The molecule has 0 bridgehead atoms. The van der Waals surface area contributed by atoms with Gasteiger partial charge in [0.15, 0.2) is 0 Å². The monoisotopic (exact) mass is 320 g/mol. The van der Waals surface area contributed by atoms with E-state index in [1.165, 1.54) is 5.56 Å². The minimum Gasteiger partial charge on any atom is -0.444 e. The zero-order valence-corrected chi connectivity index (χ0v) is 14.9. The van der Waals surface area contributed by atoms with Crippen molar-refractivity contribution in [1.29, 1.82) is 0 Å². The second-order valence-electron chi connectivity index (χ2n) is 7.07. The van der Waals surface area contributed by atoms with E-state index in [4.69, 9.17) is 4.74 Å². The van der Waals surface area contributed by atoms with Crippen molar-refractivity contribution in [1.82, 2.24) is 10.6 Å². The normalized spacial score (nSPS) is 12.7. The van der Waals surface area contributed by atoms with Gasteiger partial charge in [0.25, 0.3) is 0 Å². The summed E-state index contributed by atoms with van der Waals surface area (Å²) >= 11 is 0. The molecule has 2 amide bonds. The van der Waals surface area contributed by atoms with Crippen molar-refractivity contribution in [2.45, 2.75) is 59.7 Å². The molecule has 0 saturated carbocycles. The summed E-state index contributed by atoms with van der Waals surface area (Å²) in [6.07, 6.45) is -0.582. The van der Waals surface area contributed by atoms with E-state index >= 15 is 0 Å². The Hall–Kier alpha value is -2.04. The predicted molar refractivity (Wildman–Crippen MR) is 91.0 cm³/mol. The molecule has 128 valence electrons. The molecule has 0 aliphatic heterocycles. The SMILES string of the molecule is Cc1ccc(CNC(=O)C(NC(=O)OC(C)(C)C)C(C)C)cc1. The molecule has 5 nitrogen and oxygen atoms in total. The minimum absolute atomic E-state index is 0.0412. The fraction of sp³-hybridized carbons (Fsp3) is 0.556. The molecule has 0 aromatic heterocycles. The minimum atomic E-state index is -0.629. The van der Waals surface area contributed by atoms with Crippen LogP contribution in [0.1, 0.15) is 45.7 Å². The molecule has 0 aliphatic carbocycles. The van der Waals surface area contributed by atoms with Crippen molar-refractivity contribution in [2.75, 3.05) is 0 Å². The lowest BCUT2D eigenvalue weighted by Crippen LogP contribution is -2.50. The first-order valence-corrected chi connectivity index (χ1v) is 7.91. The Morgan fingerprint density at radius 1 is 1.13 bits per heavy atom. The molecule has 1 aromatic carbocycles. The van der Waals surface area contributed by atoms with Gasteiger partial charge in [0.1, 0.15) is 11.6 Å². The van der Waals surface area contributed by atoms with E-state index in [-0.39, 0.29) is 11.8 Å². The molecule has 0 radical (unpaired) electrons. The number of rotatable bonds is 5. The standard InChI is InChI=1S/C18H28N2O3/c1-12(2)15(20-17(22)23-18(4,5)6)16(21)19-11-14-9-7-13(3)8-10-14/h7-10,12,15H,11H2,1-6H3,(H,19,21)(H,20,22). The number of alkyl carbamates (subject to hydrolysis) is 1. The molecule has 1 aromatic rings. The highest BCUT2D eigenvalue weighted by atomic mass is 16.6. The summed E-state index contributed by atoms with van der Waals surface area (Å²) in [6.45, 7) is 11.6. The third-order valence-electron chi connectivity index (χ3n) is 3.21. The Kier molecular flexibility index (Phi) is 6.61. The van der Waals surface area contributed by atoms with E-state index in [1.807, 2.05) is 45.0 Å². The molecule has 1 unspecified atom stereocenters. The summed E-state index contributed by atoms with van der Waals surface area (Å²) in [4.78, 5) is 24.2. The van der Waals surface area contributed by atoms with Crippen molar-refractivity contribution >= 4 is 12.0 Å². The fourth-order valence-electron chi connectivity index (χ4n) is 1.97. The van der Waals surface area contributed by atoms with Gasteiger partial charge in [0.2, 0.25) is 5.91 Å². The number of nitrogens with one attached hydrogen (secondary N) is 2. The van der Waals surface area contributed by atoms with E-state index in [0.29, 0.717) is 6.54 Å². The van der Waals surface area contributed by atoms with Crippen molar-refractivity contribution in [3.63, 3.8) is 0 Å². The summed E-state index contributed by atoms with van der Waals surface area (Å²) in [5, 5.41) is 5.50. The van der Waals surface area contributed by atoms with Crippen molar-refractivity contribution in [3.05, 3.63) is 35.4 Å². The molecule has 1 rings (SSSR count). The van der Waals surface area contributed by atoms with Crippen LogP contribution in [0.3, 0.4) is 0 Å². The first kappa shape index (κ1) is 19.0. The second kappa shape index (κ2) is 7.99. The number of hydrogen-bond acceptors (Lipinski definition) is 3. The summed E-state index contributed by atoms with van der Waals surface area (Å²) in [5.74, 6) is -0.257. The molecule has 2 N–H and O–H groups in total. The van der Waals surface area contributed by atoms with Gasteiger partial charge in [-0.1, -0.05) is 43.7 Å². The van der Waals surface area contributed by atoms with Gasteiger partial charge in [-0.25, -0.2) is 4.79 Å². The van der Waals surface area contributed by atoms with Gasteiger partial charge in [0, 0.05) is 6.54 Å². The van der Waals surface area contributed by atoms with Gasteiger partial charge in [0.05, 0.1) is 0 Å². The molecule has 1 atom stereocenters. The molecule has 0 heterocycles. The molecule has 0 aliphatic rings. The van der Waals surface area contributed by atoms with Gasteiger partial charge < -0.3 is 15.4 Å². The predicted octanol–water partition coefficient (Wildman–Crippen LogP) is 3.16. The summed E-state index contributed by atoms with van der Waals surface area (Å²) in [7, 11) is 0. The zero-order valence-electron chi connectivity index (χ0n) is 14.9. The van der Waals surface area contributed by atoms with E-state index < -0.39 is 17.7 Å². The third kappa shape index (κ3) is 7.17. The lowest BCUT2D eigenvalue weighted by molar-refractivity contribution is -0.124. The second-order valence-corrected chi connectivity index (χ2v) is 7.07. The van der Waals surface area contributed by atoms with Gasteiger partial charge in [-0.05, 0) is 39.2 Å². The molecular formula is C18H28N2O3. The highest BCUT2D eigenvalue weighted by Gasteiger charge is 2.26. The van der Waals surface area contributed by atoms with Crippen LogP contribution in [0.25, 0.3) is 0 Å². The highest BCUT2D eigenvalue weighted by Crippen LogP contribution is 2.09. The quantitative estimate of drug-likeness (QED) is 0.875. The molecule has 0 fully saturated rings. The van der Waals surface area contributed by atoms with Gasteiger partial charge in [-0.3, -0.25) is 4.79 Å². The van der Waals surface area contributed by atoms with Gasteiger partial charge >= 0.3 is 6.09 Å². The Balaban J connectivity index is 2.60. The lowest BCUT2D eigenvalue weighted by atomic mass is 10.0. The zero-order chi connectivity index (χ0) is 17.6. The van der Waals surface area contributed by atoms with Crippen LogP contribution < -0.4 is 10.6 Å². The van der Waals surface area contributed by atoms with Crippen LogP contribution in [0.2, 0.25) is 0 Å². The number of benzene rings is 1. The van der Waals surface area contributed by atoms with Crippen molar-refractivity contribution in [3.8, 4) is 0 Å². The van der Waals surface area contributed by atoms with Crippen LogP contribution in [-0.4, -0.2) is 23.6 Å². The first-order chi connectivity index (χ1) is 10.6. The summed E-state index contributed by atoms with van der Waals surface area (Å²) < 4.78 is 5.21. The largest absolute Gasteiger partial charge is 0.444 e. The number of carbonyl (C=O) groups excluding carboxylic acids is 2. The topological polar surface area (TPSA) is 67.4 Å². The van der Waals surface area contributed by atoms with E-state index in [0.717, 1.165) is 5.56 Å². The van der Waals surface area contributed by atoms with Crippen molar-refractivity contribution < 1.29 is 14.3 Å². The smallest absolute Gasteiger partial charge is 0.408 e. The Bertz CT molecular complexity index is 530. The molecular weight excluding hydrogens is 292 g/mol. The maximum absolute atomic E-state index is 12.3.